The summed E-state index contributed by atoms with van der Waals surface area (Å²) in [6.45, 7) is 2.39. The summed E-state index contributed by atoms with van der Waals surface area (Å²) in [5.74, 6) is 0.212. The van der Waals surface area contributed by atoms with Crippen LogP contribution in [0.5, 0.6) is 5.75 Å². The van der Waals surface area contributed by atoms with Crippen LogP contribution >= 0.6 is 24.0 Å². The van der Waals surface area contributed by atoms with E-state index in [0.717, 1.165) is 22.1 Å². The predicted octanol–water partition coefficient (Wildman–Crippen LogP) is 5.08. The van der Waals surface area contributed by atoms with Crippen molar-refractivity contribution < 1.29 is 14.3 Å². The Bertz CT molecular complexity index is 1180. The van der Waals surface area contributed by atoms with Gasteiger partial charge in [0.2, 0.25) is 5.91 Å². The zero-order valence-corrected chi connectivity index (χ0v) is 18.5. The third kappa shape index (κ3) is 4.78. The molecular formula is C24H20N2O3S2. The zero-order valence-electron chi connectivity index (χ0n) is 16.8. The van der Waals surface area contributed by atoms with Gasteiger partial charge in [0.25, 0.3) is 5.91 Å². The number of hydrogen-bond donors (Lipinski definition) is 1. The van der Waals surface area contributed by atoms with E-state index in [1.807, 2.05) is 73.7 Å². The fourth-order valence-electron chi connectivity index (χ4n) is 3.28. The van der Waals surface area contributed by atoms with Gasteiger partial charge in [-0.2, -0.15) is 0 Å². The number of amides is 2. The summed E-state index contributed by atoms with van der Waals surface area (Å²) in [7, 11) is 0. The molecule has 0 bridgehead atoms. The van der Waals surface area contributed by atoms with Gasteiger partial charge in [-0.1, -0.05) is 72.5 Å². The molecule has 3 aromatic rings. The Morgan fingerprint density at radius 2 is 1.84 bits per heavy atom. The van der Waals surface area contributed by atoms with Crippen molar-refractivity contribution in [3.8, 4) is 5.75 Å². The lowest BCUT2D eigenvalue weighted by molar-refractivity contribution is -0.126. The van der Waals surface area contributed by atoms with Crippen molar-refractivity contribution >= 4 is 62.7 Å². The molecule has 2 amide bonds. The van der Waals surface area contributed by atoms with Crippen LogP contribution in [0.3, 0.4) is 0 Å². The molecule has 0 saturated carbocycles. The summed E-state index contributed by atoms with van der Waals surface area (Å²) < 4.78 is 5.81. The van der Waals surface area contributed by atoms with Crippen LogP contribution in [-0.2, 0) is 9.59 Å². The van der Waals surface area contributed by atoms with Crippen molar-refractivity contribution in [1.82, 2.24) is 4.90 Å². The predicted molar refractivity (Wildman–Crippen MR) is 130 cm³/mol. The normalized spacial score (nSPS) is 15.0. The molecule has 3 aromatic carbocycles. The number of nitrogens with zero attached hydrogens (tertiary/aromatic N) is 1. The van der Waals surface area contributed by atoms with Gasteiger partial charge in [0.1, 0.15) is 16.6 Å². The Hall–Kier alpha value is -3.16. The number of carbonyl (C=O) groups is 2. The van der Waals surface area contributed by atoms with Gasteiger partial charge in [-0.15, -0.1) is 0 Å². The first-order chi connectivity index (χ1) is 15.0. The van der Waals surface area contributed by atoms with Crippen molar-refractivity contribution in [2.75, 3.05) is 18.5 Å². The molecule has 1 aliphatic rings. The van der Waals surface area contributed by atoms with Crippen LogP contribution in [-0.4, -0.2) is 34.2 Å². The highest BCUT2D eigenvalue weighted by atomic mass is 32.2. The highest BCUT2D eigenvalue weighted by molar-refractivity contribution is 8.26. The molecule has 0 radical (unpaired) electrons. The number of hydrogen-bond acceptors (Lipinski definition) is 5. The van der Waals surface area contributed by atoms with Crippen LogP contribution in [0.1, 0.15) is 12.5 Å². The van der Waals surface area contributed by atoms with Gasteiger partial charge in [0.15, 0.2) is 0 Å². The molecule has 1 N–H and O–H groups in total. The summed E-state index contributed by atoms with van der Waals surface area (Å²) in [5, 5.41) is 4.88. The molecule has 5 nitrogen and oxygen atoms in total. The van der Waals surface area contributed by atoms with E-state index < -0.39 is 0 Å². The number of carbonyl (C=O) groups excluding carboxylic acids is 2. The van der Waals surface area contributed by atoms with Gasteiger partial charge < -0.3 is 10.1 Å². The summed E-state index contributed by atoms with van der Waals surface area (Å²) >= 11 is 6.55. The van der Waals surface area contributed by atoms with E-state index in [1.54, 1.807) is 6.08 Å². The lowest BCUT2D eigenvalue weighted by Gasteiger charge is -2.15. The Morgan fingerprint density at radius 3 is 2.61 bits per heavy atom. The Kier molecular flexibility index (Phi) is 6.34. The number of thioether (sulfide) groups is 1. The van der Waals surface area contributed by atoms with Crippen LogP contribution in [0, 0.1) is 0 Å². The fraction of sp³-hybridized carbons (Fsp3) is 0.125. The number of rotatable bonds is 6. The second-order valence-electron chi connectivity index (χ2n) is 6.84. The average molecular weight is 449 g/mol. The van der Waals surface area contributed by atoms with E-state index in [2.05, 4.69) is 5.32 Å². The molecule has 0 spiro atoms. The van der Waals surface area contributed by atoms with Gasteiger partial charge in [0.05, 0.1) is 11.5 Å². The minimum Gasteiger partial charge on any atom is -0.494 e. The number of thiocarbonyl (C=S) groups is 1. The standard InChI is InChI=1S/C24H20N2O3S2/c1-2-29-18-12-10-16(11-13-18)14-21-23(28)26(24(30)31-21)15-22(27)25-20-9-5-7-17-6-3-4-8-19(17)20/h3-14H,2,15H2,1H3,(H,25,27). The van der Waals surface area contributed by atoms with Crippen LogP contribution in [0.4, 0.5) is 5.69 Å². The molecule has 1 fully saturated rings. The number of anilines is 1. The molecule has 156 valence electrons. The van der Waals surface area contributed by atoms with Crippen LogP contribution in [0.15, 0.2) is 71.6 Å². The average Bonchev–Trinajstić information content (AvgIpc) is 3.03. The van der Waals surface area contributed by atoms with E-state index in [1.165, 1.54) is 16.7 Å². The van der Waals surface area contributed by atoms with Crippen molar-refractivity contribution in [2.45, 2.75) is 6.92 Å². The Balaban J connectivity index is 1.45. The van der Waals surface area contributed by atoms with Crippen molar-refractivity contribution in [3.05, 3.63) is 77.2 Å². The SMILES string of the molecule is CCOc1ccc(C=C2SC(=S)N(CC(=O)Nc3cccc4ccccc34)C2=O)cc1. The zero-order chi connectivity index (χ0) is 21.8. The lowest BCUT2D eigenvalue weighted by atomic mass is 10.1. The van der Waals surface area contributed by atoms with Crippen molar-refractivity contribution in [3.63, 3.8) is 0 Å². The molecule has 0 aliphatic carbocycles. The number of ether oxygens (including phenoxy) is 1. The summed E-state index contributed by atoms with van der Waals surface area (Å²) in [6, 6.07) is 21.0. The monoisotopic (exact) mass is 448 g/mol. The lowest BCUT2D eigenvalue weighted by Crippen LogP contribution is -2.36. The third-order valence-corrected chi connectivity index (χ3v) is 6.11. The van der Waals surface area contributed by atoms with Gasteiger partial charge >= 0.3 is 0 Å². The number of nitrogens with one attached hydrogen (secondary N) is 1. The molecule has 0 atom stereocenters. The van der Waals surface area contributed by atoms with E-state index >= 15 is 0 Å². The quantitative estimate of drug-likeness (QED) is 0.421. The highest BCUT2D eigenvalue weighted by Gasteiger charge is 2.33. The Labute approximate surface area is 190 Å². The number of benzene rings is 3. The van der Waals surface area contributed by atoms with Gasteiger partial charge in [-0.25, -0.2) is 0 Å². The van der Waals surface area contributed by atoms with Gasteiger partial charge in [0, 0.05) is 11.1 Å². The molecule has 31 heavy (non-hydrogen) atoms. The maximum atomic E-state index is 12.8. The summed E-state index contributed by atoms with van der Waals surface area (Å²) in [4.78, 5) is 27.3. The maximum Gasteiger partial charge on any atom is 0.266 e. The molecular weight excluding hydrogens is 428 g/mol. The molecule has 0 unspecified atom stereocenters. The summed E-state index contributed by atoms with van der Waals surface area (Å²) in [6.07, 6.45) is 1.78. The smallest absolute Gasteiger partial charge is 0.266 e. The molecule has 1 saturated heterocycles. The van der Waals surface area contributed by atoms with E-state index in [4.69, 9.17) is 17.0 Å². The largest absolute Gasteiger partial charge is 0.494 e. The second kappa shape index (κ2) is 9.32. The van der Waals surface area contributed by atoms with E-state index in [-0.39, 0.29) is 18.4 Å². The van der Waals surface area contributed by atoms with Crippen molar-refractivity contribution in [2.24, 2.45) is 0 Å². The van der Waals surface area contributed by atoms with Crippen LogP contribution in [0.2, 0.25) is 0 Å². The summed E-state index contributed by atoms with van der Waals surface area (Å²) in [5.41, 5.74) is 1.57. The molecule has 4 rings (SSSR count). The van der Waals surface area contributed by atoms with Gasteiger partial charge in [-0.3, -0.25) is 14.5 Å². The fourth-order valence-corrected chi connectivity index (χ4v) is 4.54. The van der Waals surface area contributed by atoms with Crippen molar-refractivity contribution in [1.29, 1.82) is 0 Å². The Morgan fingerprint density at radius 1 is 1.10 bits per heavy atom. The molecule has 0 aromatic heterocycles. The minimum absolute atomic E-state index is 0.130. The van der Waals surface area contributed by atoms with E-state index in [0.29, 0.717) is 21.5 Å². The minimum atomic E-state index is -0.296. The number of fused-ring (bicyclic) bond motifs is 1. The molecule has 7 heteroatoms. The first kappa shape index (κ1) is 21.1. The first-order valence-corrected chi connectivity index (χ1v) is 11.0. The van der Waals surface area contributed by atoms with Crippen LogP contribution in [0.25, 0.3) is 16.8 Å². The van der Waals surface area contributed by atoms with Crippen LogP contribution < -0.4 is 10.1 Å². The third-order valence-electron chi connectivity index (χ3n) is 4.73. The second-order valence-corrected chi connectivity index (χ2v) is 8.52. The molecule has 1 heterocycles. The highest BCUT2D eigenvalue weighted by Crippen LogP contribution is 2.33. The molecule has 1 aliphatic heterocycles. The van der Waals surface area contributed by atoms with Gasteiger partial charge in [-0.05, 0) is 42.1 Å². The topological polar surface area (TPSA) is 58.6 Å². The van der Waals surface area contributed by atoms with E-state index in [9.17, 15) is 9.59 Å². The maximum absolute atomic E-state index is 12.8. The first-order valence-electron chi connectivity index (χ1n) is 9.81.